The number of hydrogen-bond donors (Lipinski definition) is 2. The van der Waals surface area contributed by atoms with E-state index in [1.165, 1.54) is 44.4 Å². The molecule has 9 nitrogen and oxygen atoms in total. The lowest BCUT2D eigenvalue weighted by atomic mass is 10.1. The number of hydrogen-bond acceptors (Lipinski definition) is 9. The molecule has 0 saturated carbocycles. The molecule has 3 rings (SSSR count). The molecular weight excluding hydrogens is 452 g/mol. The molecule has 3 aromatic rings. The summed E-state index contributed by atoms with van der Waals surface area (Å²) in [7, 11) is 4.44. The van der Waals surface area contributed by atoms with Crippen molar-refractivity contribution in [3.05, 3.63) is 47.5 Å². The van der Waals surface area contributed by atoms with Gasteiger partial charge in [-0.05, 0) is 31.2 Å². The van der Waals surface area contributed by atoms with Gasteiger partial charge in [-0.1, -0.05) is 40.8 Å². The highest BCUT2D eigenvalue weighted by molar-refractivity contribution is 8.01. The van der Waals surface area contributed by atoms with Gasteiger partial charge in [-0.2, -0.15) is 0 Å². The maximum Gasteiger partial charge on any atom is 0.257 e. The fourth-order valence-electron chi connectivity index (χ4n) is 2.66. The summed E-state index contributed by atoms with van der Waals surface area (Å²) >= 11 is 2.41. The number of aromatic nitrogens is 2. The summed E-state index contributed by atoms with van der Waals surface area (Å²) in [6, 6.07) is 10.6. The number of thioether (sulfide) groups is 1. The van der Waals surface area contributed by atoms with Crippen LogP contribution in [-0.4, -0.2) is 49.1 Å². The minimum Gasteiger partial charge on any atom is -0.493 e. The van der Waals surface area contributed by atoms with Crippen molar-refractivity contribution < 1.29 is 23.8 Å². The number of carbonyl (C=O) groups is 2. The average molecular weight is 475 g/mol. The van der Waals surface area contributed by atoms with E-state index in [9.17, 15) is 9.59 Å². The van der Waals surface area contributed by atoms with Crippen LogP contribution in [0.25, 0.3) is 0 Å². The summed E-state index contributed by atoms with van der Waals surface area (Å²) < 4.78 is 16.4. The Balaban J connectivity index is 1.59. The van der Waals surface area contributed by atoms with E-state index >= 15 is 0 Å². The van der Waals surface area contributed by atoms with Crippen molar-refractivity contribution in [1.82, 2.24) is 10.2 Å². The number of anilines is 2. The second kappa shape index (κ2) is 10.8. The molecule has 1 aromatic heterocycles. The first-order chi connectivity index (χ1) is 15.4. The van der Waals surface area contributed by atoms with Crippen LogP contribution in [0.2, 0.25) is 0 Å². The average Bonchev–Trinajstić information content (AvgIpc) is 3.25. The predicted octanol–water partition coefficient (Wildman–Crippen LogP) is 3.86. The van der Waals surface area contributed by atoms with Gasteiger partial charge in [0.05, 0.1) is 27.1 Å². The Morgan fingerprint density at radius 2 is 1.62 bits per heavy atom. The number of methoxy groups -OCH3 is 3. The maximum atomic E-state index is 12.7. The predicted molar refractivity (Wildman–Crippen MR) is 124 cm³/mol. The van der Waals surface area contributed by atoms with Crippen LogP contribution >= 0.6 is 23.1 Å². The number of aryl methyl sites for hydroxylation is 1. The number of amides is 2. The van der Waals surface area contributed by atoms with Crippen molar-refractivity contribution in [2.45, 2.75) is 11.3 Å². The second-order valence-corrected chi connectivity index (χ2v) is 8.64. The Morgan fingerprint density at radius 3 is 2.22 bits per heavy atom. The molecule has 0 unspecified atom stereocenters. The van der Waals surface area contributed by atoms with Crippen molar-refractivity contribution in [3.8, 4) is 17.2 Å². The van der Waals surface area contributed by atoms with Gasteiger partial charge in [-0.3, -0.25) is 14.9 Å². The number of carbonyl (C=O) groups excluding carboxylic acids is 2. The highest BCUT2D eigenvalue weighted by atomic mass is 32.2. The van der Waals surface area contributed by atoms with Gasteiger partial charge in [-0.15, -0.1) is 10.2 Å². The standard InChI is InChI=1S/C21H22N4O5S2/c1-12-5-7-14(8-6-12)22-17(26)11-31-21-25-24-20(32-21)23-19(27)13-9-15(28-2)18(30-4)16(10-13)29-3/h5-10H,11H2,1-4H3,(H,22,26)(H,23,24,27). The summed E-state index contributed by atoms with van der Waals surface area (Å²) in [6.07, 6.45) is 0. The van der Waals surface area contributed by atoms with Gasteiger partial charge in [0.1, 0.15) is 0 Å². The third-order valence-corrected chi connectivity index (χ3v) is 6.19. The lowest BCUT2D eigenvalue weighted by Gasteiger charge is -2.13. The van der Waals surface area contributed by atoms with Gasteiger partial charge in [0.2, 0.25) is 16.8 Å². The fraction of sp³-hybridized carbons (Fsp3) is 0.238. The van der Waals surface area contributed by atoms with Crippen LogP contribution in [0.5, 0.6) is 17.2 Å². The molecular formula is C21H22N4O5S2. The smallest absolute Gasteiger partial charge is 0.257 e. The molecule has 0 bridgehead atoms. The first kappa shape index (κ1) is 23.4. The molecule has 0 fully saturated rings. The van der Waals surface area contributed by atoms with Crippen molar-refractivity contribution in [2.75, 3.05) is 37.7 Å². The van der Waals surface area contributed by atoms with E-state index < -0.39 is 5.91 Å². The Kier molecular flexibility index (Phi) is 7.90. The van der Waals surface area contributed by atoms with Crippen LogP contribution in [0.3, 0.4) is 0 Å². The van der Waals surface area contributed by atoms with E-state index in [1.807, 2.05) is 31.2 Å². The second-order valence-electron chi connectivity index (χ2n) is 6.44. The van der Waals surface area contributed by atoms with Crippen molar-refractivity contribution in [1.29, 1.82) is 0 Å². The van der Waals surface area contributed by atoms with Gasteiger partial charge in [0.25, 0.3) is 5.91 Å². The highest BCUT2D eigenvalue weighted by Crippen LogP contribution is 2.38. The SMILES string of the molecule is COc1cc(C(=O)Nc2nnc(SCC(=O)Nc3ccc(C)cc3)s2)cc(OC)c1OC. The van der Waals surface area contributed by atoms with Gasteiger partial charge in [-0.25, -0.2) is 0 Å². The van der Waals surface area contributed by atoms with Crippen LogP contribution in [0.4, 0.5) is 10.8 Å². The molecule has 0 atom stereocenters. The quantitative estimate of drug-likeness (QED) is 0.355. The zero-order valence-corrected chi connectivity index (χ0v) is 19.6. The summed E-state index contributed by atoms with van der Waals surface area (Å²) in [6.45, 7) is 1.98. The van der Waals surface area contributed by atoms with E-state index in [1.54, 1.807) is 12.1 Å². The normalized spacial score (nSPS) is 10.4. The molecule has 0 aliphatic carbocycles. The largest absolute Gasteiger partial charge is 0.493 e. The molecule has 2 amide bonds. The monoisotopic (exact) mass is 474 g/mol. The Bertz CT molecular complexity index is 1080. The van der Waals surface area contributed by atoms with Gasteiger partial charge < -0.3 is 19.5 Å². The molecule has 1 heterocycles. The number of benzene rings is 2. The Morgan fingerprint density at radius 1 is 0.969 bits per heavy atom. The lowest BCUT2D eigenvalue weighted by Crippen LogP contribution is -2.13. The molecule has 0 saturated heterocycles. The molecule has 32 heavy (non-hydrogen) atoms. The number of rotatable bonds is 9. The van der Waals surface area contributed by atoms with Crippen molar-refractivity contribution >= 4 is 45.7 Å². The Labute approximate surface area is 193 Å². The molecule has 0 spiro atoms. The van der Waals surface area contributed by atoms with Crippen LogP contribution in [-0.2, 0) is 4.79 Å². The first-order valence-corrected chi connectivity index (χ1v) is 11.2. The van der Waals surface area contributed by atoms with Crippen molar-refractivity contribution in [3.63, 3.8) is 0 Å². The van der Waals surface area contributed by atoms with Crippen LogP contribution in [0.15, 0.2) is 40.7 Å². The summed E-state index contributed by atoms with van der Waals surface area (Å²) in [5.74, 6) is 0.731. The van der Waals surface area contributed by atoms with Crippen LogP contribution in [0.1, 0.15) is 15.9 Å². The topological polar surface area (TPSA) is 112 Å². The fourth-order valence-corrected chi connectivity index (χ4v) is 4.21. The highest BCUT2D eigenvalue weighted by Gasteiger charge is 2.18. The number of nitrogens with zero attached hydrogens (tertiary/aromatic N) is 2. The molecule has 0 radical (unpaired) electrons. The molecule has 0 aliphatic rings. The van der Waals surface area contributed by atoms with E-state index in [2.05, 4.69) is 20.8 Å². The minimum atomic E-state index is -0.408. The molecule has 0 aliphatic heterocycles. The van der Waals surface area contributed by atoms with E-state index in [4.69, 9.17) is 14.2 Å². The first-order valence-electron chi connectivity index (χ1n) is 9.37. The zero-order chi connectivity index (χ0) is 23.1. The van der Waals surface area contributed by atoms with E-state index in [0.717, 1.165) is 11.3 Å². The Hall–Kier alpha value is -3.31. The number of nitrogens with one attached hydrogen (secondary N) is 2. The van der Waals surface area contributed by atoms with Crippen molar-refractivity contribution in [2.24, 2.45) is 0 Å². The zero-order valence-electron chi connectivity index (χ0n) is 17.9. The maximum absolute atomic E-state index is 12.7. The molecule has 168 valence electrons. The summed E-state index contributed by atoms with van der Waals surface area (Å²) in [5.41, 5.74) is 2.16. The number of ether oxygens (including phenoxy) is 3. The van der Waals surface area contributed by atoms with E-state index in [0.29, 0.717) is 32.3 Å². The summed E-state index contributed by atoms with van der Waals surface area (Å²) in [4.78, 5) is 24.8. The lowest BCUT2D eigenvalue weighted by molar-refractivity contribution is -0.113. The molecule has 11 heteroatoms. The minimum absolute atomic E-state index is 0.155. The third kappa shape index (κ3) is 5.89. The van der Waals surface area contributed by atoms with Gasteiger partial charge in [0.15, 0.2) is 15.8 Å². The van der Waals surface area contributed by atoms with Crippen LogP contribution in [0, 0.1) is 6.92 Å². The third-order valence-electron chi connectivity index (χ3n) is 4.22. The molecule has 2 aromatic carbocycles. The van der Waals surface area contributed by atoms with Gasteiger partial charge >= 0.3 is 0 Å². The molecule has 2 N–H and O–H groups in total. The van der Waals surface area contributed by atoms with Crippen LogP contribution < -0.4 is 24.8 Å². The van der Waals surface area contributed by atoms with Gasteiger partial charge in [0, 0.05) is 11.3 Å². The van der Waals surface area contributed by atoms with E-state index in [-0.39, 0.29) is 11.7 Å². The summed E-state index contributed by atoms with van der Waals surface area (Å²) in [5, 5.41) is 13.8.